The number of H-pyrrole nitrogens is 2. The molecule has 0 saturated carbocycles. The van der Waals surface area contributed by atoms with Gasteiger partial charge in [-0.05, 0) is 30.2 Å². The molecule has 0 aliphatic rings. The number of benzene rings is 1. The van der Waals surface area contributed by atoms with Crippen LogP contribution in [0.4, 0.5) is 0 Å². The summed E-state index contributed by atoms with van der Waals surface area (Å²) in [4.78, 5) is 17.2. The van der Waals surface area contributed by atoms with E-state index < -0.39 is 0 Å². The number of rotatable bonds is 5. The van der Waals surface area contributed by atoms with E-state index in [0.29, 0.717) is 12.2 Å². The fraction of sp³-hybridized carbons (Fsp3) is 0.176. The molecule has 5 heteroatoms. The van der Waals surface area contributed by atoms with E-state index in [-0.39, 0.29) is 5.91 Å². The van der Waals surface area contributed by atoms with Gasteiger partial charge < -0.3 is 9.88 Å². The SMILES string of the molecule is CN(CCc1ccccc1)C(=O)c1cc(-c2ccc[nH]2)n[nH]1. The molecule has 0 unspecified atom stereocenters. The highest BCUT2D eigenvalue weighted by Crippen LogP contribution is 2.15. The highest BCUT2D eigenvalue weighted by molar-refractivity contribution is 5.93. The van der Waals surface area contributed by atoms with Gasteiger partial charge in [-0.25, -0.2) is 0 Å². The molecule has 2 heterocycles. The van der Waals surface area contributed by atoms with Crippen LogP contribution < -0.4 is 0 Å². The molecule has 0 spiro atoms. The van der Waals surface area contributed by atoms with Gasteiger partial charge in [0, 0.05) is 19.8 Å². The van der Waals surface area contributed by atoms with Crippen LogP contribution in [0, 0.1) is 0 Å². The van der Waals surface area contributed by atoms with E-state index >= 15 is 0 Å². The van der Waals surface area contributed by atoms with Crippen LogP contribution in [-0.4, -0.2) is 39.6 Å². The van der Waals surface area contributed by atoms with E-state index in [0.717, 1.165) is 17.8 Å². The summed E-state index contributed by atoms with van der Waals surface area (Å²) in [5.74, 6) is -0.0544. The zero-order valence-electron chi connectivity index (χ0n) is 12.4. The molecule has 0 aliphatic carbocycles. The molecular formula is C17H18N4O. The van der Waals surface area contributed by atoms with Crippen molar-refractivity contribution in [2.75, 3.05) is 13.6 Å². The fourth-order valence-electron chi connectivity index (χ4n) is 2.31. The van der Waals surface area contributed by atoms with Crippen LogP contribution in [0.3, 0.4) is 0 Å². The van der Waals surface area contributed by atoms with Gasteiger partial charge >= 0.3 is 0 Å². The van der Waals surface area contributed by atoms with Gasteiger partial charge in [0.15, 0.2) is 0 Å². The Labute approximate surface area is 129 Å². The van der Waals surface area contributed by atoms with Gasteiger partial charge in [-0.1, -0.05) is 30.3 Å². The Bertz CT molecular complexity index is 731. The van der Waals surface area contributed by atoms with Gasteiger partial charge in [0.05, 0.1) is 5.69 Å². The quantitative estimate of drug-likeness (QED) is 0.760. The van der Waals surface area contributed by atoms with Crippen LogP contribution in [0.25, 0.3) is 11.4 Å². The van der Waals surface area contributed by atoms with Gasteiger partial charge in [-0.3, -0.25) is 9.89 Å². The number of hydrogen-bond acceptors (Lipinski definition) is 2. The van der Waals surface area contributed by atoms with Gasteiger partial charge in [-0.15, -0.1) is 0 Å². The first kappa shape index (κ1) is 14.1. The molecule has 5 nitrogen and oxygen atoms in total. The number of aromatic nitrogens is 3. The van der Waals surface area contributed by atoms with Gasteiger partial charge in [0.1, 0.15) is 11.4 Å². The lowest BCUT2D eigenvalue weighted by Crippen LogP contribution is -2.29. The average molecular weight is 294 g/mol. The second-order valence-corrected chi connectivity index (χ2v) is 5.21. The topological polar surface area (TPSA) is 64.8 Å². The lowest BCUT2D eigenvalue weighted by Gasteiger charge is -2.15. The molecule has 0 bridgehead atoms. The molecule has 0 radical (unpaired) electrons. The Hall–Kier alpha value is -2.82. The van der Waals surface area contributed by atoms with Crippen LogP contribution >= 0.6 is 0 Å². The van der Waals surface area contributed by atoms with Gasteiger partial charge in [-0.2, -0.15) is 5.10 Å². The number of nitrogens with zero attached hydrogens (tertiary/aromatic N) is 2. The summed E-state index contributed by atoms with van der Waals surface area (Å²) in [7, 11) is 1.81. The van der Waals surface area contributed by atoms with E-state index in [1.54, 1.807) is 18.0 Å². The molecule has 1 aromatic carbocycles. The van der Waals surface area contributed by atoms with Gasteiger partial charge in [0.2, 0.25) is 0 Å². The molecule has 22 heavy (non-hydrogen) atoms. The number of carbonyl (C=O) groups excluding carboxylic acids is 1. The molecule has 2 aromatic heterocycles. The molecule has 2 N–H and O–H groups in total. The summed E-state index contributed by atoms with van der Waals surface area (Å²) < 4.78 is 0. The molecule has 0 atom stereocenters. The summed E-state index contributed by atoms with van der Waals surface area (Å²) in [5.41, 5.74) is 3.35. The minimum Gasteiger partial charge on any atom is -0.360 e. The third kappa shape index (κ3) is 3.09. The third-order valence-electron chi connectivity index (χ3n) is 3.61. The molecular weight excluding hydrogens is 276 g/mol. The Morgan fingerprint density at radius 2 is 2.00 bits per heavy atom. The number of carbonyl (C=O) groups is 1. The van der Waals surface area contributed by atoms with Crippen molar-refractivity contribution in [1.29, 1.82) is 0 Å². The lowest BCUT2D eigenvalue weighted by molar-refractivity contribution is 0.0791. The van der Waals surface area contributed by atoms with Crippen LogP contribution in [0.1, 0.15) is 16.1 Å². The first-order valence-corrected chi connectivity index (χ1v) is 7.22. The Balaban J connectivity index is 1.63. The maximum Gasteiger partial charge on any atom is 0.271 e. The third-order valence-corrected chi connectivity index (χ3v) is 3.61. The number of nitrogens with one attached hydrogen (secondary N) is 2. The van der Waals surface area contributed by atoms with Crippen LogP contribution in [-0.2, 0) is 6.42 Å². The van der Waals surface area contributed by atoms with Crippen molar-refractivity contribution >= 4 is 5.91 Å². The number of hydrogen-bond donors (Lipinski definition) is 2. The number of aromatic amines is 2. The van der Waals surface area contributed by atoms with E-state index in [1.807, 2.05) is 36.5 Å². The molecule has 112 valence electrons. The molecule has 3 aromatic rings. The largest absolute Gasteiger partial charge is 0.360 e. The molecule has 0 fully saturated rings. The predicted octanol–water partition coefficient (Wildman–Crippen LogP) is 2.72. The lowest BCUT2D eigenvalue weighted by atomic mass is 10.1. The first-order valence-electron chi connectivity index (χ1n) is 7.22. The predicted molar refractivity (Wildman–Crippen MR) is 85.5 cm³/mol. The summed E-state index contributed by atoms with van der Waals surface area (Å²) in [5, 5.41) is 6.99. The highest BCUT2D eigenvalue weighted by Gasteiger charge is 2.15. The number of likely N-dealkylation sites (N-methyl/N-ethyl adjacent to an activating group) is 1. The molecule has 0 aliphatic heterocycles. The minimum atomic E-state index is -0.0544. The highest BCUT2D eigenvalue weighted by atomic mass is 16.2. The number of amides is 1. The average Bonchev–Trinajstić information content (AvgIpc) is 3.23. The van der Waals surface area contributed by atoms with E-state index in [9.17, 15) is 4.79 Å². The summed E-state index contributed by atoms with van der Waals surface area (Å²) in [6, 6.07) is 15.7. The summed E-state index contributed by atoms with van der Waals surface area (Å²) in [6.45, 7) is 0.666. The fourth-order valence-corrected chi connectivity index (χ4v) is 2.31. The van der Waals surface area contributed by atoms with Crippen molar-refractivity contribution in [3.8, 4) is 11.4 Å². The minimum absolute atomic E-state index is 0.0544. The van der Waals surface area contributed by atoms with Crippen molar-refractivity contribution in [3.05, 3.63) is 66.0 Å². The van der Waals surface area contributed by atoms with Crippen molar-refractivity contribution in [2.45, 2.75) is 6.42 Å². The second kappa shape index (κ2) is 6.30. The summed E-state index contributed by atoms with van der Waals surface area (Å²) >= 11 is 0. The van der Waals surface area contributed by atoms with Crippen molar-refractivity contribution in [1.82, 2.24) is 20.1 Å². The maximum atomic E-state index is 12.4. The monoisotopic (exact) mass is 294 g/mol. The molecule has 3 rings (SSSR count). The summed E-state index contributed by atoms with van der Waals surface area (Å²) in [6.07, 6.45) is 2.66. The molecule has 0 saturated heterocycles. The van der Waals surface area contributed by atoms with Crippen molar-refractivity contribution < 1.29 is 4.79 Å². The van der Waals surface area contributed by atoms with Crippen LogP contribution in [0.2, 0.25) is 0 Å². The zero-order chi connectivity index (χ0) is 15.4. The molecule has 1 amide bonds. The Morgan fingerprint density at radius 1 is 1.18 bits per heavy atom. The van der Waals surface area contributed by atoms with Gasteiger partial charge in [0.25, 0.3) is 5.91 Å². The Morgan fingerprint density at radius 3 is 2.73 bits per heavy atom. The Kier molecular flexibility index (Phi) is 4.05. The van der Waals surface area contributed by atoms with E-state index in [2.05, 4.69) is 27.3 Å². The second-order valence-electron chi connectivity index (χ2n) is 5.21. The van der Waals surface area contributed by atoms with Crippen molar-refractivity contribution in [2.24, 2.45) is 0 Å². The van der Waals surface area contributed by atoms with E-state index in [1.165, 1.54) is 5.56 Å². The zero-order valence-corrected chi connectivity index (χ0v) is 12.4. The first-order chi connectivity index (χ1) is 10.7. The van der Waals surface area contributed by atoms with Crippen LogP contribution in [0.15, 0.2) is 54.7 Å². The normalized spacial score (nSPS) is 10.6. The van der Waals surface area contributed by atoms with Crippen LogP contribution in [0.5, 0.6) is 0 Å². The smallest absolute Gasteiger partial charge is 0.271 e. The van der Waals surface area contributed by atoms with E-state index in [4.69, 9.17) is 0 Å². The maximum absolute atomic E-state index is 12.4. The van der Waals surface area contributed by atoms with Crippen molar-refractivity contribution in [3.63, 3.8) is 0 Å². The standard InChI is InChI=1S/C17H18N4O/c1-21(11-9-13-6-3-2-4-7-13)17(22)16-12-15(19-20-16)14-8-5-10-18-14/h2-8,10,12,18H,9,11H2,1H3,(H,19,20).